The number of esters is 1. The molecular formula is C22H18N2O6S. The second kappa shape index (κ2) is 9.31. The topological polar surface area (TPSA) is 116 Å². The van der Waals surface area contributed by atoms with Crippen LogP contribution in [0.15, 0.2) is 65.0 Å². The van der Waals surface area contributed by atoms with Gasteiger partial charge in [0.25, 0.3) is 5.91 Å². The Bertz CT molecular complexity index is 1120. The first-order valence-electron chi connectivity index (χ1n) is 8.99. The van der Waals surface area contributed by atoms with E-state index in [1.54, 1.807) is 36.4 Å². The predicted octanol–water partition coefficient (Wildman–Crippen LogP) is 3.67. The summed E-state index contributed by atoms with van der Waals surface area (Å²) < 4.78 is 4.67. The summed E-state index contributed by atoms with van der Waals surface area (Å²) in [5.41, 5.74) is 1.18. The lowest BCUT2D eigenvalue weighted by molar-refractivity contribution is -0.121. The molecule has 2 aromatic carbocycles. The first-order valence-corrected chi connectivity index (χ1v) is 9.81. The van der Waals surface area contributed by atoms with Crippen molar-refractivity contribution in [2.45, 2.75) is 0 Å². The summed E-state index contributed by atoms with van der Waals surface area (Å²) >= 11 is 1.14. The van der Waals surface area contributed by atoms with E-state index in [0.717, 1.165) is 11.8 Å². The second-order valence-electron chi connectivity index (χ2n) is 6.33. The molecule has 1 aliphatic rings. The number of thioether (sulfide) groups is 1. The fourth-order valence-corrected chi connectivity index (χ4v) is 3.75. The van der Waals surface area contributed by atoms with Gasteiger partial charge in [-0.2, -0.15) is 0 Å². The van der Waals surface area contributed by atoms with E-state index >= 15 is 0 Å². The van der Waals surface area contributed by atoms with Crippen molar-refractivity contribution in [1.29, 1.82) is 0 Å². The van der Waals surface area contributed by atoms with Crippen LogP contribution in [0.2, 0.25) is 0 Å². The Kier molecular flexibility index (Phi) is 6.56. The monoisotopic (exact) mass is 438 g/mol. The molecule has 0 atom stereocenters. The van der Waals surface area contributed by atoms with Gasteiger partial charge in [0.05, 0.1) is 23.3 Å². The molecule has 0 aliphatic carbocycles. The van der Waals surface area contributed by atoms with Crippen LogP contribution in [0.25, 0.3) is 6.08 Å². The maximum absolute atomic E-state index is 12.8. The minimum absolute atomic E-state index is 0.225. The molecule has 0 saturated carbocycles. The number of amides is 1. The molecule has 0 aromatic heterocycles. The molecule has 0 bridgehead atoms. The number of carbonyl (C=O) groups excluding carboxylic acids is 2. The second-order valence-corrected chi connectivity index (χ2v) is 7.34. The van der Waals surface area contributed by atoms with Gasteiger partial charge in [-0.1, -0.05) is 18.2 Å². The summed E-state index contributed by atoms with van der Waals surface area (Å²) in [6.45, 7) is 3.89. The Labute approximate surface area is 182 Å². The van der Waals surface area contributed by atoms with E-state index in [9.17, 15) is 19.5 Å². The van der Waals surface area contributed by atoms with Crippen LogP contribution in [0.5, 0.6) is 5.75 Å². The van der Waals surface area contributed by atoms with E-state index in [1.807, 2.05) is 0 Å². The molecule has 8 nitrogen and oxygen atoms in total. The third-order valence-electron chi connectivity index (χ3n) is 4.27. The van der Waals surface area contributed by atoms with Crippen LogP contribution in [-0.4, -0.2) is 51.8 Å². The van der Waals surface area contributed by atoms with Gasteiger partial charge in [0.2, 0.25) is 0 Å². The lowest BCUT2D eigenvalue weighted by Gasteiger charge is -2.12. The van der Waals surface area contributed by atoms with Crippen LogP contribution in [0.1, 0.15) is 26.3 Å². The Hall–Kier alpha value is -3.85. The number of rotatable bonds is 6. The molecule has 2 aromatic rings. The Balaban J connectivity index is 1.91. The molecular weight excluding hydrogens is 420 g/mol. The van der Waals surface area contributed by atoms with E-state index in [1.165, 1.54) is 30.2 Å². The predicted molar refractivity (Wildman–Crippen MR) is 117 cm³/mol. The van der Waals surface area contributed by atoms with Crippen molar-refractivity contribution in [3.05, 3.63) is 76.7 Å². The van der Waals surface area contributed by atoms with E-state index in [4.69, 9.17) is 5.11 Å². The molecule has 31 heavy (non-hydrogen) atoms. The number of hydrogen-bond acceptors (Lipinski definition) is 7. The van der Waals surface area contributed by atoms with Crippen molar-refractivity contribution in [1.82, 2.24) is 4.90 Å². The standard InChI is InChI=1S/C22H18N2O6S/c1-3-10-24-19(26)18(11-13-4-6-14(7-5-13)21(29)30-2)31-22(24)23-15-8-9-16(20(27)28)17(25)12-15/h3-9,11-12,25H,1,10H2,2H3,(H,27,28)/b18-11-,23-22?. The van der Waals surface area contributed by atoms with E-state index in [0.29, 0.717) is 26.9 Å². The van der Waals surface area contributed by atoms with Crippen LogP contribution in [0.4, 0.5) is 5.69 Å². The van der Waals surface area contributed by atoms with Gasteiger partial charge in [0, 0.05) is 12.6 Å². The third kappa shape index (κ3) is 4.84. The number of aromatic carboxylic acids is 1. The number of methoxy groups -OCH3 is 1. The SMILES string of the molecule is C=CCN1C(=O)/C(=C/c2ccc(C(=O)OC)cc2)SC1=Nc1ccc(C(=O)O)c(O)c1. The smallest absolute Gasteiger partial charge is 0.339 e. The lowest BCUT2D eigenvalue weighted by atomic mass is 10.1. The molecule has 1 aliphatic heterocycles. The normalized spacial score (nSPS) is 16.0. The average molecular weight is 438 g/mol. The highest BCUT2D eigenvalue weighted by Crippen LogP contribution is 2.35. The Morgan fingerprint density at radius 2 is 1.94 bits per heavy atom. The summed E-state index contributed by atoms with van der Waals surface area (Å²) in [7, 11) is 1.30. The maximum Gasteiger partial charge on any atom is 0.339 e. The number of nitrogens with zero attached hydrogens (tertiary/aromatic N) is 2. The number of ether oxygens (including phenoxy) is 1. The molecule has 1 heterocycles. The zero-order valence-corrected chi connectivity index (χ0v) is 17.3. The fraction of sp³-hybridized carbons (Fsp3) is 0.0909. The highest BCUT2D eigenvalue weighted by Gasteiger charge is 2.32. The zero-order valence-electron chi connectivity index (χ0n) is 16.4. The molecule has 9 heteroatoms. The van der Waals surface area contributed by atoms with Crippen molar-refractivity contribution in [3.8, 4) is 5.75 Å². The highest BCUT2D eigenvalue weighted by molar-refractivity contribution is 8.18. The minimum Gasteiger partial charge on any atom is -0.507 e. The van der Waals surface area contributed by atoms with Gasteiger partial charge in [-0.05, 0) is 47.7 Å². The summed E-state index contributed by atoms with van der Waals surface area (Å²) in [6.07, 6.45) is 3.24. The number of carboxylic acids is 1. The van der Waals surface area contributed by atoms with Gasteiger partial charge in [0.1, 0.15) is 11.3 Å². The van der Waals surface area contributed by atoms with Crippen LogP contribution < -0.4 is 0 Å². The summed E-state index contributed by atoms with van der Waals surface area (Å²) in [5.74, 6) is -2.39. The van der Waals surface area contributed by atoms with Crippen molar-refractivity contribution < 1.29 is 29.3 Å². The quantitative estimate of drug-likeness (QED) is 0.401. The van der Waals surface area contributed by atoms with Crippen LogP contribution in [0.3, 0.4) is 0 Å². The number of aliphatic imine (C=N–C) groups is 1. The Morgan fingerprint density at radius 1 is 1.23 bits per heavy atom. The number of hydrogen-bond donors (Lipinski definition) is 2. The number of aromatic hydroxyl groups is 1. The van der Waals surface area contributed by atoms with Crippen molar-refractivity contribution in [3.63, 3.8) is 0 Å². The molecule has 1 fully saturated rings. The van der Waals surface area contributed by atoms with Crippen LogP contribution in [-0.2, 0) is 9.53 Å². The number of carbonyl (C=O) groups is 3. The largest absolute Gasteiger partial charge is 0.507 e. The molecule has 3 rings (SSSR count). The first kappa shape index (κ1) is 21.8. The molecule has 158 valence electrons. The molecule has 1 saturated heterocycles. The van der Waals surface area contributed by atoms with Gasteiger partial charge in [-0.15, -0.1) is 6.58 Å². The van der Waals surface area contributed by atoms with E-state index < -0.39 is 17.7 Å². The van der Waals surface area contributed by atoms with Crippen LogP contribution in [0, 0.1) is 0 Å². The molecule has 2 N–H and O–H groups in total. The number of phenols is 1. The van der Waals surface area contributed by atoms with E-state index in [-0.39, 0.29) is 18.0 Å². The van der Waals surface area contributed by atoms with Gasteiger partial charge in [-0.3, -0.25) is 9.69 Å². The van der Waals surface area contributed by atoms with E-state index in [2.05, 4.69) is 16.3 Å². The molecule has 0 spiro atoms. The number of carboxylic acid groups (broad SMARTS) is 1. The molecule has 0 unspecified atom stereocenters. The van der Waals surface area contributed by atoms with Crippen molar-refractivity contribution in [2.75, 3.05) is 13.7 Å². The van der Waals surface area contributed by atoms with Crippen molar-refractivity contribution >= 4 is 46.5 Å². The number of amidine groups is 1. The summed E-state index contributed by atoms with van der Waals surface area (Å²) in [6, 6.07) is 10.5. The number of benzene rings is 2. The minimum atomic E-state index is -1.25. The molecule has 0 radical (unpaired) electrons. The fourth-order valence-electron chi connectivity index (χ4n) is 2.75. The third-order valence-corrected chi connectivity index (χ3v) is 5.27. The summed E-state index contributed by atoms with van der Waals surface area (Å²) in [4.78, 5) is 41.7. The first-order chi connectivity index (χ1) is 14.8. The van der Waals surface area contributed by atoms with Crippen molar-refractivity contribution in [2.24, 2.45) is 4.99 Å². The van der Waals surface area contributed by atoms with Gasteiger partial charge >= 0.3 is 11.9 Å². The van der Waals surface area contributed by atoms with Gasteiger partial charge in [0.15, 0.2) is 5.17 Å². The van der Waals surface area contributed by atoms with Gasteiger partial charge < -0.3 is 14.9 Å². The lowest BCUT2D eigenvalue weighted by Crippen LogP contribution is -2.29. The zero-order chi connectivity index (χ0) is 22.5. The summed E-state index contributed by atoms with van der Waals surface area (Å²) in [5, 5.41) is 19.3. The average Bonchev–Trinajstić information content (AvgIpc) is 3.02. The maximum atomic E-state index is 12.8. The van der Waals surface area contributed by atoms with Crippen LogP contribution >= 0.6 is 11.8 Å². The van der Waals surface area contributed by atoms with Gasteiger partial charge in [-0.25, -0.2) is 14.6 Å². The highest BCUT2D eigenvalue weighted by atomic mass is 32.2. The Morgan fingerprint density at radius 3 is 2.52 bits per heavy atom. The molecule has 1 amide bonds.